The number of hydrogen-bond donors (Lipinski definition) is 1. The van der Waals surface area contributed by atoms with E-state index in [1.54, 1.807) is 11.3 Å². The molecule has 0 spiro atoms. The Morgan fingerprint density at radius 1 is 1.42 bits per heavy atom. The van der Waals surface area contributed by atoms with Crippen LogP contribution in [0.15, 0.2) is 30.3 Å². The molecule has 2 heterocycles. The Labute approximate surface area is 117 Å². The summed E-state index contributed by atoms with van der Waals surface area (Å²) in [5, 5.41) is 4.55. The van der Waals surface area contributed by atoms with Crippen LogP contribution in [0.4, 0.5) is 0 Å². The highest BCUT2D eigenvalue weighted by molar-refractivity contribution is 7.20. The summed E-state index contributed by atoms with van der Waals surface area (Å²) in [6, 6.07) is 10.3. The number of rotatable bonds is 4. The Hall–Kier alpha value is -1.19. The van der Waals surface area contributed by atoms with Gasteiger partial charge >= 0.3 is 0 Å². The van der Waals surface area contributed by atoms with Crippen LogP contribution in [0, 0.1) is 5.41 Å². The van der Waals surface area contributed by atoms with Crippen LogP contribution < -0.4 is 5.32 Å². The molecule has 0 amide bonds. The van der Waals surface area contributed by atoms with E-state index in [0.29, 0.717) is 5.78 Å². The lowest BCUT2D eigenvalue weighted by atomic mass is 9.78. The molecule has 2 nitrogen and oxygen atoms in total. The Kier molecular flexibility index (Phi) is 3.42. The Morgan fingerprint density at radius 3 is 2.95 bits per heavy atom. The van der Waals surface area contributed by atoms with Gasteiger partial charge in [-0.15, -0.1) is 11.3 Å². The number of hydrogen-bond acceptors (Lipinski definition) is 3. The third kappa shape index (κ3) is 2.21. The number of ketones is 1. The summed E-state index contributed by atoms with van der Waals surface area (Å²) in [7, 11) is 0. The zero-order valence-electron chi connectivity index (χ0n) is 11.2. The molecule has 2 aromatic rings. The van der Waals surface area contributed by atoms with Gasteiger partial charge in [-0.1, -0.05) is 31.5 Å². The highest BCUT2D eigenvalue weighted by atomic mass is 32.1. The van der Waals surface area contributed by atoms with Crippen LogP contribution in [0.2, 0.25) is 0 Å². The number of carbonyl (C=O) groups is 1. The zero-order valence-corrected chi connectivity index (χ0v) is 12.1. The first-order valence-electron chi connectivity index (χ1n) is 6.99. The van der Waals surface area contributed by atoms with Crippen molar-refractivity contribution in [2.75, 3.05) is 13.1 Å². The Morgan fingerprint density at radius 2 is 2.26 bits per heavy atom. The van der Waals surface area contributed by atoms with Gasteiger partial charge in [0, 0.05) is 16.7 Å². The molecule has 1 aliphatic heterocycles. The van der Waals surface area contributed by atoms with E-state index in [0.717, 1.165) is 37.2 Å². The van der Waals surface area contributed by atoms with Crippen molar-refractivity contribution in [3.05, 3.63) is 35.2 Å². The molecule has 1 N–H and O–H groups in total. The van der Waals surface area contributed by atoms with Gasteiger partial charge in [-0.25, -0.2) is 0 Å². The molecule has 1 saturated heterocycles. The topological polar surface area (TPSA) is 29.1 Å². The maximum Gasteiger partial charge on any atom is 0.180 e. The summed E-state index contributed by atoms with van der Waals surface area (Å²) in [6.45, 7) is 3.98. The second-order valence-electron chi connectivity index (χ2n) is 5.43. The lowest BCUT2D eigenvalue weighted by molar-refractivity contribution is 0.0806. The minimum atomic E-state index is -0.157. The standard InChI is InChI=1S/C16H19NOS/c1-2-7-16(8-9-17-11-16)15(18)14-10-12-5-3-4-6-13(12)19-14/h3-6,10,17H,2,7-9,11H2,1H3. The van der Waals surface area contributed by atoms with Gasteiger partial charge in [-0.2, -0.15) is 0 Å². The van der Waals surface area contributed by atoms with E-state index < -0.39 is 0 Å². The van der Waals surface area contributed by atoms with Crippen LogP contribution in [0.1, 0.15) is 35.9 Å². The molecule has 3 heteroatoms. The fourth-order valence-corrected chi connectivity index (χ4v) is 4.22. The normalized spacial score (nSPS) is 23.0. The van der Waals surface area contributed by atoms with E-state index in [1.807, 2.05) is 12.1 Å². The smallest absolute Gasteiger partial charge is 0.180 e. The third-order valence-corrected chi connectivity index (χ3v) is 5.22. The first-order chi connectivity index (χ1) is 9.25. The molecule has 1 aromatic carbocycles. The lowest BCUT2D eigenvalue weighted by Gasteiger charge is -2.25. The highest BCUT2D eigenvalue weighted by Gasteiger charge is 2.41. The third-order valence-electron chi connectivity index (χ3n) is 4.10. The van der Waals surface area contributed by atoms with Crippen molar-refractivity contribution < 1.29 is 4.79 Å². The summed E-state index contributed by atoms with van der Waals surface area (Å²) < 4.78 is 1.21. The number of nitrogens with one attached hydrogen (secondary N) is 1. The minimum absolute atomic E-state index is 0.157. The van der Waals surface area contributed by atoms with Crippen molar-refractivity contribution in [1.29, 1.82) is 0 Å². The molecule has 1 aromatic heterocycles. The summed E-state index contributed by atoms with van der Waals surface area (Å²) in [5.41, 5.74) is -0.157. The van der Waals surface area contributed by atoms with Crippen molar-refractivity contribution in [2.24, 2.45) is 5.41 Å². The predicted molar refractivity (Wildman–Crippen MR) is 81.0 cm³/mol. The molecule has 1 fully saturated rings. The highest BCUT2D eigenvalue weighted by Crippen LogP contribution is 2.38. The maximum absolute atomic E-state index is 12.9. The Bertz CT molecular complexity index is 563. The van der Waals surface area contributed by atoms with Gasteiger partial charge in [-0.3, -0.25) is 4.79 Å². The first-order valence-corrected chi connectivity index (χ1v) is 7.81. The molecule has 0 radical (unpaired) electrons. The number of benzene rings is 1. The van der Waals surface area contributed by atoms with E-state index in [-0.39, 0.29) is 5.41 Å². The van der Waals surface area contributed by atoms with Gasteiger partial charge in [0.1, 0.15) is 0 Å². The van der Waals surface area contributed by atoms with Crippen molar-refractivity contribution in [2.45, 2.75) is 26.2 Å². The van der Waals surface area contributed by atoms with Gasteiger partial charge < -0.3 is 5.32 Å². The van der Waals surface area contributed by atoms with E-state index in [9.17, 15) is 4.79 Å². The van der Waals surface area contributed by atoms with Crippen LogP contribution in [0.3, 0.4) is 0 Å². The van der Waals surface area contributed by atoms with Crippen LogP contribution in [0.25, 0.3) is 10.1 Å². The second kappa shape index (κ2) is 5.06. The van der Waals surface area contributed by atoms with Gasteiger partial charge in [0.25, 0.3) is 0 Å². The number of Topliss-reactive ketones (excluding diaryl/α,β-unsaturated/α-hetero) is 1. The predicted octanol–water partition coefficient (Wildman–Crippen LogP) is 3.86. The second-order valence-corrected chi connectivity index (χ2v) is 6.52. The van der Waals surface area contributed by atoms with Gasteiger partial charge in [0.05, 0.1) is 4.88 Å². The number of carbonyl (C=O) groups excluding carboxylic acids is 1. The van der Waals surface area contributed by atoms with Crippen LogP contribution in [0.5, 0.6) is 0 Å². The molecule has 1 unspecified atom stereocenters. The lowest BCUT2D eigenvalue weighted by Crippen LogP contribution is -2.33. The summed E-state index contributed by atoms with van der Waals surface area (Å²) in [5.74, 6) is 0.348. The number of fused-ring (bicyclic) bond motifs is 1. The average Bonchev–Trinajstić information content (AvgIpc) is 3.04. The average molecular weight is 273 g/mol. The molecule has 100 valence electrons. The molecule has 0 saturated carbocycles. The largest absolute Gasteiger partial charge is 0.316 e. The molecular weight excluding hydrogens is 254 g/mol. The monoisotopic (exact) mass is 273 g/mol. The molecule has 1 atom stereocenters. The molecule has 0 bridgehead atoms. The molecular formula is C16H19NOS. The van der Waals surface area contributed by atoms with Crippen LogP contribution in [-0.2, 0) is 0 Å². The van der Waals surface area contributed by atoms with E-state index in [4.69, 9.17) is 0 Å². The van der Waals surface area contributed by atoms with Crippen LogP contribution >= 0.6 is 11.3 Å². The summed E-state index contributed by atoms with van der Waals surface area (Å²) in [6.07, 6.45) is 3.04. The summed E-state index contributed by atoms with van der Waals surface area (Å²) in [4.78, 5) is 13.8. The van der Waals surface area contributed by atoms with E-state index >= 15 is 0 Å². The van der Waals surface area contributed by atoms with Crippen molar-refractivity contribution in [3.63, 3.8) is 0 Å². The van der Waals surface area contributed by atoms with Crippen LogP contribution in [-0.4, -0.2) is 18.9 Å². The fraction of sp³-hybridized carbons (Fsp3) is 0.438. The molecule has 19 heavy (non-hydrogen) atoms. The van der Waals surface area contributed by atoms with E-state index in [1.165, 1.54) is 10.1 Å². The Balaban J connectivity index is 1.97. The molecule has 1 aliphatic rings. The SMILES string of the molecule is CCCC1(C(=O)c2cc3ccccc3s2)CCNC1. The van der Waals surface area contributed by atoms with Crippen molar-refractivity contribution in [3.8, 4) is 0 Å². The van der Waals surface area contributed by atoms with E-state index in [2.05, 4.69) is 30.4 Å². The van der Waals surface area contributed by atoms with Gasteiger partial charge in [0.2, 0.25) is 0 Å². The molecule has 3 rings (SSSR count). The number of thiophene rings is 1. The van der Waals surface area contributed by atoms with Gasteiger partial charge in [0.15, 0.2) is 5.78 Å². The quantitative estimate of drug-likeness (QED) is 0.857. The van der Waals surface area contributed by atoms with Gasteiger partial charge in [-0.05, 0) is 36.9 Å². The zero-order chi connectivity index (χ0) is 13.3. The fourth-order valence-electron chi connectivity index (χ4n) is 3.10. The minimum Gasteiger partial charge on any atom is -0.316 e. The first kappa shape index (κ1) is 12.8. The van der Waals surface area contributed by atoms with Crippen molar-refractivity contribution in [1.82, 2.24) is 5.32 Å². The summed E-state index contributed by atoms with van der Waals surface area (Å²) >= 11 is 1.64. The molecule has 0 aliphatic carbocycles. The maximum atomic E-state index is 12.9. The van der Waals surface area contributed by atoms with Crippen molar-refractivity contribution >= 4 is 27.2 Å².